The summed E-state index contributed by atoms with van der Waals surface area (Å²) in [4.78, 5) is 0. The van der Waals surface area contributed by atoms with Gasteiger partial charge in [-0.3, -0.25) is 0 Å². The van der Waals surface area contributed by atoms with Gasteiger partial charge in [-0.15, -0.1) is 0 Å². The molecule has 8 heteroatoms. The zero-order valence-electron chi connectivity index (χ0n) is 13.3. The van der Waals surface area contributed by atoms with Gasteiger partial charge >= 0.3 is 0 Å². The molecule has 0 spiro atoms. The maximum absolute atomic E-state index is 9.76. The Morgan fingerprint density at radius 3 is 2.80 bits per heavy atom. The van der Waals surface area contributed by atoms with Crippen LogP contribution in [0.2, 0.25) is 5.02 Å². The molecule has 0 aliphatic carbocycles. The normalized spacial score (nSPS) is 11.1. The van der Waals surface area contributed by atoms with Crippen LogP contribution in [0.4, 0.5) is 0 Å². The van der Waals surface area contributed by atoms with Crippen molar-refractivity contribution in [2.45, 2.75) is 6.92 Å². The Balaban J connectivity index is 1.94. The first-order valence-electron chi connectivity index (χ1n) is 7.52. The molecule has 0 atom stereocenters. The molecule has 25 heavy (non-hydrogen) atoms. The van der Waals surface area contributed by atoms with Crippen molar-refractivity contribution in [3.8, 4) is 22.9 Å². The predicted octanol–water partition coefficient (Wildman–Crippen LogP) is 4.25. The van der Waals surface area contributed by atoms with Crippen LogP contribution < -0.4 is 4.74 Å². The van der Waals surface area contributed by atoms with Crippen molar-refractivity contribution < 1.29 is 9.84 Å². The molecular weight excluding hydrogens is 360 g/mol. The SMILES string of the molecule is CCOc1cc(/C=N\n2c(-c3ccc(Cl)cc3)n[nH]c2=S)ccc1O. The summed E-state index contributed by atoms with van der Waals surface area (Å²) in [5.74, 6) is 1.06. The van der Waals surface area contributed by atoms with E-state index in [1.807, 2.05) is 19.1 Å². The third kappa shape index (κ3) is 3.89. The van der Waals surface area contributed by atoms with E-state index in [0.29, 0.717) is 28.0 Å². The second-order valence-electron chi connectivity index (χ2n) is 5.08. The maximum atomic E-state index is 9.76. The molecule has 0 saturated carbocycles. The first-order chi connectivity index (χ1) is 12.1. The Morgan fingerprint density at radius 1 is 1.32 bits per heavy atom. The molecule has 0 unspecified atom stereocenters. The minimum atomic E-state index is 0.0841. The number of aromatic nitrogens is 3. The Morgan fingerprint density at radius 2 is 2.08 bits per heavy atom. The fraction of sp³-hybridized carbons (Fsp3) is 0.118. The maximum Gasteiger partial charge on any atom is 0.216 e. The summed E-state index contributed by atoms with van der Waals surface area (Å²) >= 11 is 11.2. The number of H-pyrrole nitrogens is 1. The highest BCUT2D eigenvalue weighted by Crippen LogP contribution is 2.26. The van der Waals surface area contributed by atoms with E-state index in [1.54, 1.807) is 36.5 Å². The number of ether oxygens (including phenoxy) is 1. The van der Waals surface area contributed by atoms with E-state index in [9.17, 15) is 5.11 Å². The largest absolute Gasteiger partial charge is 0.504 e. The molecule has 0 saturated heterocycles. The van der Waals surface area contributed by atoms with Crippen molar-refractivity contribution in [1.29, 1.82) is 0 Å². The predicted molar refractivity (Wildman–Crippen MR) is 100 cm³/mol. The molecule has 1 heterocycles. The Labute approximate surface area is 154 Å². The van der Waals surface area contributed by atoms with E-state index in [0.717, 1.165) is 11.1 Å². The van der Waals surface area contributed by atoms with Gasteiger partial charge in [-0.1, -0.05) is 11.6 Å². The van der Waals surface area contributed by atoms with E-state index in [2.05, 4.69) is 15.3 Å². The highest BCUT2D eigenvalue weighted by Gasteiger charge is 2.08. The van der Waals surface area contributed by atoms with Crippen LogP contribution in [0.3, 0.4) is 0 Å². The molecule has 6 nitrogen and oxygen atoms in total. The summed E-state index contributed by atoms with van der Waals surface area (Å²) in [5, 5.41) is 21.7. The quantitative estimate of drug-likeness (QED) is 0.517. The fourth-order valence-electron chi connectivity index (χ4n) is 2.19. The smallest absolute Gasteiger partial charge is 0.216 e. The van der Waals surface area contributed by atoms with Crippen molar-refractivity contribution in [3.05, 3.63) is 57.8 Å². The first-order valence-corrected chi connectivity index (χ1v) is 8.30. The lowest BCUT2D eigenvalue weighted by atomic mass is 10.2. The number of rotatable bonds is 5. The lowest BCUT2D eigenvalue weighted by molar-refractivity contribution is 0.318. The van der Waals surface area contributed by atoms with Gasteiger partial charge in [0.05, 0.1) is 12.8 Å². The number of hydrogen-bond donors (Lipinski definition) is 2. The van der Waals surface area contributed by atoms with Crippen LogP contribution in [-0.2, 0) is 0 Å². The van der Waals surface area contributed by atoms with E-state index in [1.165, 1.54) is 4.68 Å². The number of nitrogens with one attached hydrogen (secondary N) is 1. The zero-order valence-corrected chi connectivity index (χ0v) is 14.9. The molecule has 3 aromatic rings. The van der Waals surface area contributed by atoms with Gasteiger partial charge in [-0.05, 0) is 67.2 Å². The summed E-state index contributed by atoms with van der Waals surface area (Å²) < 4.78 is 7.26. The monoisotopic (exact) mass is 374 g/mol. The number of phenols is 1. The van der Waals surface area contributed by atoms with Gasteiger partial charge in [0.1, 0.15) is 0 Å². The van der Waals surface area contributed by atoms with Gasteiger partial charge in [-0.2, -0.15) is 14.9 Å². The van der Waals surface area contributed by atoms with E-state index in [4.69, 9.17) is 28.6 Å². The molecule has 0 aliphatic heterocycles. The Bertz CT molecular complexity index is 964. The van der Waals surface area contributed by atoms with E-state index in [-0.39, 0.29) is 5.75 Å². The molecule has 0 amide bonds. The van der Waals surface area contributed by atoms with Crippen LogP contribution >= 0.6 is 23.8 Å². The van der Waals surface area contributed by atoms with Gasteiger partial charge in [0.15, 0.2) is 17.3 Å². The summed E-state index contributed by atoms with van der Waals surface area (Å²) in [6.45, 7) is 2.31. The molecule has 3 rings (SSSR count). The summed E-state index contributed by atoms with van der Waals surface area (Å²) in [6, 6.07) is 12.2. The molecule has 128 valence electrons. The van der Waals surface area contributed by atoms with Gasteiger partial charge in [0, 0.05) is 10.6 Å². The van der Waals surface area contributed by atoms with Crippen LogP contribution in [0.1, 0.15) is 12.5 Å². The molecule has 0 bridgehead atoms. The highest BCUT2D eigenvalue weighted by molar-refractivity contribution is 7.71. The van der Waals surface area contributed by atoms with Crippen molar-refractivity contribution >= 4 is 30.0 Å². The number of phenolic OH excluding ortho intramolecular Hbond substituents is 1. The average molecular weight is 375 g/mol. The second-order valence-corrected chi connectivity index (χ2v) is 5.90. The minimum Gasteiger partial charge on any atom is -0.504 e. The Hall–Kier alpha value is -2.64. The summed E-state index contributed by atoms with van der Waals surface area (Å²) in [7, 11) is 0. The number of aromatic hydroxyl groups is 1. The Kier molecular flexibility index (Phi) is 5.16. The van der Waals surface area contributed by atoms with Crippen LogP contribution in [-0.4, -0.2) is 32.8 Å². The topological polar surface area (TPSA) is 75.4 Å². The van der Waals surface area contributed by atoms with Crippen molar-refractivity contribution in [3.63, 3.8) is 0 Å². The molecule has 2 N–H and O–H groups in total. The van der Waals surface area contributed by atoms with Gasteiger partial charge in [0.25, 0.3) is 0 Å². The fourth-order valence-corrected chi connectivity index (χ4v) is 2.50. The van der Waals surface area contributed by atoms with Crippen molar-refractivity contribution in [2.24, 2.45) is 5.10 Å². The van der Waals surface area contributed by atoms with E-state index < -0.39 is 0 Å². The molecule has 0 radical (unpaired) electrons. The minimum absolute atomic E-state index is 0.0841. The number of aromatic amines is 1. The zero-order chi connectivity index (χ0) is 17.8. The molecule has 1 aromatic heterocycles. The average Bonchev–Trinajstić information content (AvgIpc) is 2.97. The van der Waals surface area contributed by atoms with Gasteiger partial charge in [-0.25, -0.2) is 5.10 Å². The number of benzene rings is 2. The van der Waals surface area contributed by atoms with Crippen LogP contribution in [0.15, 0.2) is 47.6 Å². The number of hydrogen-bond acceptors (Lipinski definition) is 5. The van der Waals surface area contributed by atoms with Gasteiger partial charge < -0.3 is 9.84 Å². The molecule has 0 fully saturated rings. The standard InChI is InChI=1S/C17H15ClN4O2S/c1-2-24-15-9-11(3-8-14(15)23)10-19-22-16(20-21-17(22)25)12-4-6-13(18)7-5-12/h3-10,23H,2H2,1H3,(H,21,25)/b19-10-. The van der Waals surface area contributed by atoms with Crippen molar-refractivity contribution in [2.75, 3.05) is 6.61 Å². The number of nitrogens with zero attached hydrogens (tertiary/aromatic N) is 3. The molecule has 0 aliphatic rings. The van der Waals surface area contributed by atoms with Gasteiger partial charge in [0.2, 0.25) is 4.77 Å². The third-order valence-electron chi connectivity index (χ3n) is 3.36. The number of halogens is 1. The third-order valence-corrected chi connectivity index (χ3v) is 3.88. The van der Waals surface area contributed by atoms with Crippen molar-refractivity contribution in [1.82, 2.24) is 14.9 Å². The lowest BCUT2D eigenvalue weighted by Crippen LogP contribution is -1.96. The molecule has 2 aromatic carbocycles. The summed E-state index contributed by atoms with van der Waals surface area (Å²) in [6.07, 6.45) is 1.62. The first kappa shape index (κ1) is 17.2. The highest BCUT2D eigenvalue weighted by atomic mass is 35.5. The van der Waals surface area contributed by atoms with Crippen LogP contribution in [0, 0.1) is 4.77 Å². The van der Waals surface area contributed by atoms with E-state index >= 15 is 0 Å². The van der Waals surface area contributed by atoms with Crippen LogP contribution in [0.5, 0.6) is 11.5 Å². The van der Waals surface area contributed by atoms with Crippen LogP contribution in [0.25, 0.3) is 11.4 Å². The second kappa shape index (κ2) is 7.50. The summed E-state index contributed by atoms with van der Waals surface area (Å²) in [5.41, 5.74) is 1.58. The lowest BCUT2D eigenvalue weighted by Gasteiger charge is -2.06. The molecular formula is C17H15ClN4O2S.